The van der Waals surface area contributed by atoms with E-state index in [9.17, 15) is 19.2 Å². The number of nitrogens with two attached hydrogens (primary N) is 1. The Kier molecular flexibility index (Phi) is 6.07. The summed E-state index contributed by atoms with van der Waals surface area (Å²) in [5, 5.41) is 5.56. The topological polar surface area (TPSA) is 136 Å². The number of carbonyl (C=O) groups excluding carboxylic acids is 3. The van der Waals surface area contributed by atoms with Gasteiger partial charge in [0.2, 0.25) is 0 Å². The summed E-state index contributed by atoms with van der Waals surface area (Å²) < 4.78 is 6.69. The van der Waals surface area contributed by atoms with Crippen molar-refractivity contribution in [2.75, 3.05) is 30.7 Å². The summed E-state index contributed by atoms with van der Waals surface area (Å²) in [5.41, 5.74) is 6.33. The van der Waals surface area contributed by atoms with Crippen LogP contribution in [0.25, 0.3) is 5.69 Å². The molecule has 4 rings (SSSR count). The molecule has 0 unspecified atom stereocenters. The number of rotatable bonds is 4. The molecule has 1 aromatic carbocycles. The van der Waals surface area contributed by atoms with Gasteiger partial charge in [-0.05, 0) is 51.7 Å². The molecule has 0 spiro atoms. The SMILES string of the molecule is CC(C)(C)OC(=O)N1CCC(CNc2ccccc2-n2c(N)c3c(cc2=O)C(=O)NC3=O)CC1. The molecule has 34 heavy (non-hydrogen) atoms. The van der Waals surface area contributed by atoms with Crippen LogP contribution < -0.4 is 21.9 Å². The van der Waals surface area contributed by atoms with Gasteiger partial charge in [0.1, 0.15) is 11.4 Å². The third-order valence-corrected chi connectivity index (χ3v) is 5.95. The summed E-state index contributed by atoms with van der Waals surface area (Å²) in [6.07, 6.45) is 1.34. The Hall–Kier alpha value is -3.82. The molecule has 0 radical (unpaired) electrons. The summed E-state index contributed by atoms with van der Waals surface area (Å²) in [6.45, 7) is 7.41. The van der Waals surface area contributed by atoms with Crippen molar-refractivity contribution < 1.29 is 19.1 Å². The fourth-order valence-corrected chi connectivity index (χ4v) is 4.25. The summed E-state index contributed by atoms with van der Waals surface area (Å²) in [7, 11) is 0. The summed E-state index contributed by atoms with van der Waals surface area (Å²) in [4.78, 5) is 50.9. The number of likely N-dealkylation sites (tertiary alicyclic amines) is 1. The van der Waals surface area contributed by atoms with Crippen molar-refractivity contribution in [2.24, 2.45) is 5.92 Å². The standard InChI is InChI=1S/C24H29N5O5/c1-24(2,3)34-23(33)28-10-8-14(9-11-28)13-26-16-6-4-5-7-17(16)29-18(30)12-15-19(20(29)25)22(32)27-21(15)31/h4-7,12,14,26H,8-11,13,25H2,1-3H3,(H,27,31,32). The molecule has 10 heteroatoms. The second kappa shape index (κ2) is 8.85. The number of hydrogen-bond donors (Lipinski definition) is 3. The van der Waals surface area contributed by atoms with Gasteiger partial charge in [0.25, 0.3) is 17.4 Å². The maximum atomic E-state index is 12.8. The van der Waals surface area contributed by atoms with Gasteiger partial charge in [0, 0.05) is 25.7 Å². The van der Waals surface area contributed by atoms with Crippen LogP contribution in [0.1, 0.15) is 54.3 Å². The highest BCUT2D eigenvalue weighted by Crippen LogP contribution is 2.27. The second-order valence-electron chi connectivity index (χ2n) is 9.58. The van der Waals surface area contributed by atoms with Gasteiger partial charge in [-0.15, -0.1) is 0 Å². The maximum absolute atomic E-state index is 12.8. The zero-order valence-electron chi connectivity index (χ0n) is 19.5. The molecule has 10 nitrogen and oxygen atoms in total. The summed E-state index contributed by atoms with van der Waals surface area (Å²) in [5.74, 6) is -0.997. The first-order valence-electron chi connectivity index (χ1n) is 11.3. The molecule has 1 fully saturated rings. The molecule has 2 aliphatic heterocycles. The van der Waals surface area contributed by atoms with Crippen LogP contribution in [-0.4, -0.2) is 52.6 Å². The van der Waals surface area contributed by atoms with Crippen molar-refractivity contribution in [2.45, 2.75) is 39.2 Å². The number of pyridine rings is 1. The first kappa shape index (κ1) is 23.3. The number of amides is 3. The maximum Gasteiger partial charge on any atom is 0.410 e. The highest BCUT2D eigenvalue weighted by Gasteiger charge is 2.32. The van der Waals surface area contributed by atoms with E-state index in [2.05, 4.69) is 10.6 Å². The number of ether oxygens (including phenoxy) is 1. The minimum Gasteiger partial charge on any atom is -0.444 e. The average molecular weight is 468 g/mol. The number of nitrogen functional groups attached to an aromatic ring is 1. The minimum atomic E-state index is -0.625. The molecule has 0 aliphatic carbocycles. The highest BCUT2D eigenvalue weighted by molar-refractivity contribution is 6.23. The molecule has 2 aromatic rings. The minimum absolute atomic E-state index is 0.00826. The van der Waals surface area contributed by atoms with Crippen molar-refractivity contribution in [3.63, 3.8) is 0 Å². The number of anilines is 2. The second-order valence-corrected chi connectivity index (χ2v) is 9.58. The lowest BCUT2D eigenvalue weighted by Gasteiger charge is -2.33. The zero-order chi connectivity index (χ0) is 24.6. The van der Waals surface area contributed by atoms with E-state index in [1.165, 1.54) is 4.57 Å². The lowest BCUT2D eigenvalue weighted by molar-refractivity contribution is 0.0188. The first-order chi connectivity index (χ1) is 16.0. The smallest absolute Gasteiger partial charge is 0.410 e. The fraction of sp³-hybridized carbons (Fsp3) is 0.417. The molecule has 3 heterocycles. The van der Waals surface area contributed by atoms with Gasteiger partial charge in [-0.3, -0.25) is 24.3 Å². The Morgan fingerprint density at radius 1 is 1.15 bits per heavy atom. The molecule has 4 N–H and O–H groups in total. The summed E-state index contributed by atoms with van der Waals surface area (Å²) >= 11 is 0. The van der Waals surface area contributed by atoms with E-state index in [1.807, 2.05) is 32.9 Å². The number of carbonyl (C=O) groups is 3. The predicted octanol–water partition coefficient (Wildman–Crippen LogP) is 2.36. The predicted molar refractivity (Wildman–Crippen MR) is 127 cm³/mol. The van der Waals surface area contributed by atoms with E-state index >= 15 is 0 Å². The molecular formula is C24H29N5O5. The Balaban J connectivity index is 1.48. The Labute approximate surface area is 197 Å². The Morgan fingerprint density at radius 3 is 2.50 bits per heavy atom. The van der Waals surface area contributed by atoms with E-state index in [0.29, 0.717) is 36.9 Å². The van der Waals surface area contributed by atoms with Gasteiger partial charge < -0.3 is 20.7 Å². The van der Waals surface area contributed by atoms with Crippen LogP contribution >= 0.6 is 0 Å². The number of fused-ring (bicyclic) bond motifs is 1. The first-order valence-corrected chi connectivity index (χ1v) is 11.3. The van der Waals surface area contributed by atoms with Crippen LogP contribution in [0.15, 0.2) is 35.1 Å². The average Bonchev–Trinajstić information content (AvgIpc) is 3.05. The van der Waals surface area contributed by atoms with E-state index < -0.39 is 23.0 Å². The third-order valence-electron chi connectivity index (χ3n) is 5.95. The van der Waals surface area contributed by atoms with E-state index in [4.69, 9.17) is 10.5 Å². The molecule has 3 amide bonds. The van der Waals surface area contributed by atoms with Crippen LogP contribution in [0.4, 0.5) is 16.3 Å². The van der Waals surface area contributed by atoms with Crippen molar-refractivity contribution in [1.29, 1.82) is 0 Å². The van der Waals surface area contributed by atoms with Crippen LogP contribution in [-0.2, 0) is 4.74 Å². The lowest BCUT2D eigenvalue weighted by atomic mass is 9.97. The quantitative estimate of drug-likeness (QED) is 0.587. The highest BCUT2D eigenvalue weighted by atomic mass is 16.6. The molecule has 180 valence electrons. The van der Waals surface area contributed by atoms with Crippen LogP contribution in [0.2, 0.25) is 0 Å². The monoisotopic (exact) mass is 467 g/mol. The van der Waals surface area contributed by atoms with Crippen LogP contribution in [0.5, 0.6) is 0 Å². The van der Waals surface area contributed by atoms with Crippen molar-refractivity contribution in [3.05, 3.63) is 51.8 Å². The normalized spacial score (nSPS) is 16.3. The number of imide groups is 1. The molecular weight excluding hydrogens is 438 g/mol. The van der Waals surface area contributed by atoms with Crippen molar-refractivity contribution >= 4 is 29.4 Å². The summed E-state index contributed by atoms with van der Waals surface area (Å²) in [6, 6.07) is 8.29. The van der Waals surface area contributed by atoms with Crippen LogP contribution in [0, 0.1) is 5.92 Å². The number of nitrogens with one attached hydrogen (secondary N) is 2. The van der Waals surface area contributed by atoms with Gasteiger partial charge in [0.05, 0.1) is 22.5 Å². The number of hydrogen-bond acceptors (Lipinski definition) is 7. The molecule has 0 atom stereocenters. The molecule has 2 aliphatic rings. The number of benzene rings is 1. The Bertz CT molecular complexity index is 1210. The number of aromatic nitrogens is 1. The van der Waals surface area contributed by atoms with Gasteiger partial charge >= 0.3 is 6.09 Å². The van der Waals surface area contributed by atoms with Gasteiger partial charge in [-0.1, -0.05) is 12.1 Å². The third kappa shape index (κ3) is 4.61. The van der Waals surface area contributed by atoms with Crippen molar-refractivity contribution in [1.82, 2.24) is 14.8 Å². The molecule has 1 aromatic heterocycles. The van der Waals surface area contributed by atoms with Crippen LogP contribution in [0.3, 0.4) is 0 Å². The van der Waals surface area contributed by atoms with Gasteiger partial charge in [-0.2, -0.15) is 0 Å². The largest absolute Gasteiger partial charge is 0.444 e. The van der Waals surface area contributed by atoms with Gasteiger partial charge in [0.15, 0.2) is 0 Å². The van der Waals surface area contributed by atoms with E-state index in [-0.39, 0.29) is 23.0 Å². The van der Waals surface area contributed by atoms with Crippen molar-refractivity contribution in [3.8, 4) is 5.69 Å². The zero-order valence-corrected chi connectivity index (χ0v) is 19.5. The number of nitrogens with zero attached hydrogens (tertiary/aromatic N) is 2. The molecule has 0 saturated carbocycles. The Morgan fingerprint density at radius 2 is 1.82 bits per heavy atom. The number of para-hydroxylation sites is 2. The molecule has 1 saturated heterocycles. The number of piperidine rings is 1. The lowest BCUT2D eigenvalue weighted by Crippen LogP contribution is -2.42. The fourth-order valence-electron chi connectivity index (χ4n) is 4.25. The molecule has 0 bridgehead atoms. The van der Waals surface area contributed by atoms with E-state index in [0.717, 1.165) is 18.9 Å². The van der Waals surface area contributed by atoms with Gasteiger partial charge in [-0.25, -0.2) is 4.79 Å². The van der Waals surface area contributed by atoms with E-state index in [1.54, 1.807) is 17.0 Å².